The van der Waals surface area contributed by atoms with E-state index in [1.807, 2.05) is 18.7 Å². The third-order valence-corrected chi connectivity index (χ3v) is 6.90. The van der Waals surface area contributed by atoms with Crippen molar-refractivity contribution >= 4 is 29.0 Å². The van der Waals surface area contributed by atoms with Crippen molar-refractivity contribution in [1.82, 2.24) is 10.2 Å². The topological polar surface area (TPSA) is 32.3 Å². The van der Waals surface area contributed by atoms with Crippen LogP contribution in [0.1, 0.15) is 48.5 Å². The van der Waals surface area contributed by atoms with Crippen LogP contribution in [-0.4, -0.2) is 34.4 Å². The lowest BCUT2D eigenvalue weighted by atomic mass is 9.93. The van der Waals surface area contributed by atoms with Crippen molar-refractivity contribution in [2.45, 2.75) is 63.0 Å². The number of carbonyl (C=O) groups is 1. The number of nitrogens with one attached hydrogen (secondary N) is 1. The number of thiophene rings is 1. The first kappa shape index (κ1) is 15.4. The molecule has 1 aliphatic heterocycles. The van der Waals surface area contributed by atoms with Gasteiger partial charge in [-0.15, -0.1) is 11.3 Å². The molecule has 3 rings (SSSR count). The normalized spacial score (nSPS) is 33.7. The Morgan fingerprint density at radius 3 is 2.57 bits per heavy atom. The van der Waals surface area contributed by atoms with Gasteiger partial charge in [-0.1, -0.05) is 0 Å². The largest absolute Gasteiger partial charge is 0.318 e. The van der Waals surface area contributed by atoms with Crippen LogP contribution in [0.5, 0.6) is 0 Å². The first-order valence-electron chi connectivity index (χ1n) is 7.77. The summed E-state index contributed by atoms with van der Waals surface area (Å²) in [4.78, 5) is 17.3. The molecular formula is C16H24N2OS2. The minimum atomic E-state index is -0.0596. The Labute approximate surface area is 135 Å². The molecule has 2 unspecified atom stereocenters. The Morgan fingerprint density at radius 2 is 2.00 bits per heavy atom. The van der Waals surface area contributed by atoms with E-state index in [0.717, 1.165) is 18.1 Å². The van der Waals surface area contributed by atoms with Crippen molar-refractivity contribution < 1.29 is 4.79 Å². The second-order valence-electron chi connectivity index (χ2n) is 6.15. The minimum Gasteiger partial charge on any atom is -0.318 e. The van der Waals surface area contributed by atoms with E-state index in [1.165, 1.54) is 22.6 Å². The lowest BCUT2D eigenvalue weighted by Gasteiger charge is -2.37. The summed E-state index contributed by atoms with van der Waals surface area (Å²) in [7, 11) is 0. The minimum absolute atomic E-state index is 0.0596. The fraction of sp³-hybridized carbons (Fsp3) is 0.688. The molecule has 0 radical (unpaired) electrons. The smallest absolute Gasteiger partial charge is 0.241 e. The molecule has 1 saturated heterocycles. The van der Waals surface area contributed by atoms with Gasteiger partial charge < -0.3 is 4.90 Å². The van der Waals surface area contributed by atoms with E-state index in [2.05, 4.69) is 35.5 Å². The number of thioether (sulfide) groups is 1. The van der Waals surface area contributed by atoms with Gasteiger partial charge in [0.2, 0.25) is 5.91 Å². The molecule has 2 heterocycles. The molecule has 3 nitrogen and oxygen atoms in total. The second kappa shape index (κ2) is 6.31. The predicted octanol–water partition coefficient (Wildman–Crippen LogP) is 3.55. The van der Waals surface area contributed by atoms with Crippen LogP contribution < -0.4 is 5.32 Å². The van der Waals surface area contributed by atoms with E-state index in [0.29, 0.717) is 6.04 Å². The maximum atomic E-state index is 12.6. The fourth-order valence-electron chi connectivity index (χ4n) is 3.51. The molecule has 1 amide bonds. The van der Waals surface area contributed by atoms with Crippen molar-refractivity contribution in [2.24, 2.45) is 0 Å². The summed E-state index contributed by atoms with van der Waals surface area (Å²) in [6, 6.07) is 4.67. The first-order valence-corrected chi connectivity index (χ1v) is 9.88. The number of aryl methyl sites for hydroxylation is 1. The molecule has 2 aliphatic rings. The average Bonchev–Trinajstić information content (AvgIpc) is 3.04. The third-order valence-electron chi connectivity index (χ3n) is 4.71. The molecule has 0 spiro atoms. The van der Waals surface area contributed by atoms with Gasteiger partial charge in [-0.25, -0.2) is 0 Å². The van der Waals surface area contributed by atoms with Gasteiger partial charge in [-0.2, -0.15) is 11.8 Å². The molecule has 1 N–H and O–H groups in total. The number of carbonyl (C=O) groups excluding carboxylic acids is 1. The van der Waals surface area contributed by atoms with Crippen LogP contribution in [-0.2, 0) is 4.79 Å². The second-order valence-corrected chi connectivity index (χ2v) is 8.61. The van der Waals surface area contributed by atoms with Crippen LogP contribution >= 0.6 is 23.1 Å². The highest BCUT2D eigenvalue weighted by atomic mass is 32.2. The van der Waals surface area contributed by atoms with Gasteiger partial charge in [0, 0.05) is 21.0 Å². The van der Waals surface area contributed by atoms with Gasteiger partial charge in [0.15, 0.2) is 0 Å². The lowest BCUT2D eigenvalue weighted by molar-refractivity contribution is -0.132. The van der Waals surface area contributed by atoms with Gasteiger partial charge in [-0.05, 0) is 57.9 Å². The monoisotopic (exact) mass is 324 g/mol. The summed E-state index contributed by atoms with van der Waals surface area (Å²) >= 11 is 3.78. The Morgan fingerprint density at radius 1 is 1.29 bits per heavy atom. The van der Waals surface area contributed by atoms with E-state index in [4.69, 9.17) is 0 Å². The molecule has 5 heteroatoms. The maximum absolute atomic E-state index is 12.6. The lowest BCUT2D eigenvalue weighted by Crippen LogP contribution is -2.42. The quantitative estimate of drug-likeness (QED) is 0.923. The average molecular weight is 325 g/mol. The Kier molecular flexibility index (Phi) is 4.62. The molecule has 21 heavy (non-hydrogen) atoms. The molecule has 1 aromatic heterocycles. The zero-order chi connectivity index (χ0) is 15.0. The van der Waals surface area contributed by atoms with E-state index < -0.39 is 0 Å². The van der Waals surface area contributed by atoms with Gasteiger partial charge in [0.1, 0.15) is 6.17 Å². The summed E-state index contributed by atoms with van der Waals surface area (Å²) in [5, 5.41) is 4.27. The highest BCUT2D eigenvalue weighted by Gasteiger charge is 2.42. The molecule has 1 saturated carbocycles. The van der Waals surface area contributed by atoms with Crippen molar-refractivity contribution in [3.05, 3.63) is 21.9 Å². The zero-order valence-corrected chi connectivity index (χ0v) is 14.6. The molecule has 0 aromatic carbocycles. The van der Waals surface area contributed by atoms with Crippen molar-refractivity contribution in [3.63, 3.8) is 0 Å². The van der Waals surface area contributed by atoms with Crippen LogP contribution in [0.2, 0.25) is 0 Å². The first-order chi connectivity index (χ1) is 10.1. The van der Waals surface area contributed by atoms with Crippen LogP contribution in [0.3, 0.4) is 0 Å². The molecule has 1 aromatic rings. The van der Waals surface area contributed by atoms with E-state index in [1.54, 1.807) is 11.3 Å². The molecule has 116 valence electrons. The third kappa shape index (κ3) is 3.01. The van der Waals surface area contributed by atoms with E-state index in [9.17, 15) is 4.79 Å². The number of nitrogens with zero attached hydrogens (tertiary/aromatic N) is 1. The molecular weight excluding hydrogens is 300 g/mol. The molecule has 0 bridgehead atoms. The predicted molar refractivity (Wildman–Crippen MR) is 90.8 cm³/mol. The summed E-state index contributed by atoms with van der Waals surface area (Å²) in [5.41, 5.74) is 0. The molecule has 1 aliphatic carbocycles. The number of amides is 1. The summed E-state index contributed by atoms with van der Waals surface area (Å²) in [5.74, 6) is 0.277. The van der Waals surface area contributed by atoms with E-state index >= 15 is 0 Å². The van der Waals surface area contributed by atoms with Crippen molar-refractivity contribution in [3.8, 4) is 0 Å². The zero-order valence-electron chi connectivity index (χ0n) is 13.0. The fourth-order valence-corrected chi connectivity index (χ4v) is 5.19. The summed E-state index contributed by atoms with van der Waals surface area (Å²) in [6.07, 6.45) is 7.05. The SMILES string of the molecule is CSC1CCC(N2C(=O)C(C)NC2c2ccc(C)s2)CC1. The van der Waals surface area contributed by atoms with Gasteiger partial charge in [0.25, 0.3) is 0 Å². The van der Waals surface area contributed by atoms with Crippen LogP contribution in [0.25, 0.3) is 0 Å². The van der Waals surface area contributed by atoms with Gasteiger partial charge >= 0.3 is 0 Å². The van der Waals surface area contributed by atoms with Crippen LogP contribution in [0.15, 0.2) is 12.1 Å². The number of hydrogen-bond acceptors (Lipinski definition) is 4. The standard InChI is InChI=1S/C16H24N2OS2/c1-10-4-9-14(21-10)15-17-11(2)16(19)18(15)12-5-7-13(20-3)8-6-12/h4,9,11-13,15,17H,5-8H2,1-3H3. The maximum Gasteiger partial charge on any atom is 0.241 e. The van der Waals surface area contributed by atoms with Crippen LogP contribution in [0, 0.1) is 6.92 Å². The Bertz CT molecular complexity index is 508. The van der Waals surface area contributed by atoms with Gasteiger partial charge in [-0.3, -0.25) is 10.1 Å². The number of rotatable bonds is 3. The van der Waals surface area contributed by atoms with Crippen LogP contribution in [0.4, 0.5) is 0 Å². The van der Waals surface area contributed by atoms with E-state index in [-0.39, 0.29) is 18.1 Å². The highest BCUT2D eigenvalue weighted by molar-refractivity contribution is 7.99. The van der Waals surface area contributed by atoms with Crippen molar-refractivity contribution in [2.75, 3.05) is 6.26 Å². The summed E-state index contributed by atoms with van der Waals surface area (Å²) in [6.45, 7) is 4.12. The summed E-state index contributed by atoms with van der Waals surface area (Å²) < 4.78 is 0. The van der Waals surface area contributed by atoms with Crippen molar-refractivity contribution in [1.29, 1.82) is 0 Å². The molecule has 2 fully saturated rings. The Hall–Kier alpha value is -0.520. The van der Waals surface area contributed by atoms with Gasteiger partial charge in [0.05, 0.1) is 6.04 Å². The Balaban J connectivity index is 1.78. The molecule has 2 atom stereocenters. The number of hydrogen-bond donors (Lipinski definition) is 1. The highest BCUT2D eigenvalue weighted by Crippen LogP contribution is 2.37.